The zero-order chi connectivity index (χ0) is 30.3. The van der Waals surface area contributed by atoms with E-state index in [0.717, 1.165) is 24.5 Å². The van der Waals surface area contributed by atoms with Crippen LogP contribution >= 0.6 is 0 Å². The number of ether oxygens (including phenoxy) is 4. The minimum Gasteiger partial charge on any atom is -0.469 e. The number of carbonyl (C=O) groups is 3. The Bertz CT molecular complexity index is 1680. The zero-order valence-corrected chi connectivity index (χ0v) is 24.9. The molecule has 0 radical (unpaired) electrons. The van der Waals surface area contributed by atoms with Gasteiger partial charge in [-0.15, -0.1) is 0 Å². The van der Waals surface area contributed by atoms with Crippen molar-refractivity contribution in [3.8, 4) is 11.5 Å². The van der Waals surface area contributed by atoms with Crippen molar-refractivity contribution < 1.29 is 33.3 Å². The number of nitrogens with zero attached hydrogens (tertiary/aromatic N) is 2. The van der Waals surface area contributed by atoms with Gasteiger partial charge in [0.05, 0.1) is 24.2 Å². The van der Waals surface area contributed by atoms with Gasteiger partial charge < -0.3 is 28.7 Å². The third kappa shape index (κ3) is 4.32. The van der Waals surface area contributed by atoms with Crippen LogP contribution in [0.25, 0.3) is 0 Å². The van der Waals surface area contributed by atoms with Gasteiger partial charge in [0.25, 0.3) is 0 Å². The molecule has 9 nitrogen and oxygen atoms in total. The lowest BCUT2D eigenvalue weighted by molar-refractivity contribution is -0.146. The molecule has 4 aliphatic heterocycles. The van der Waals surface area contributed by atoms with Crippen LogP contribution in [0.2, 0.25) is 0 Å². The van der Waals surface area contributed by atoms with E-state index in [2.05, 4.69) is 16.7 Å². The van der Waals surface area contributed by atoms with Crippen LogP contribution in [0.5, 0.6) is 11.5 Å². The van der Waals surface area contributed by atoms with Crippen LogP contribution in [-0.2, 0) is 24.6 Å². The molecule has 9 heteroatoms. The van der Waals surface area contributed by atoms with Crippen LogP contribution in [0.4, 0.5) is 11.4 Å². The first-order valence-corrected chi connectivity index (χ1v) is 14.6. The van der Waals surface area contributed by atoms with Crippen molar-refractivity contribution in [1.29, 1.82) is 0 Å². The lowest BCUT2D eigenvalue weighted by Crippen LogP contribution is -2.50. The predicted molar refractivity (Wildman–Crippen MR) is 159 cm³/mol. The highest BCUT2D eigenvalue weighted by Crippen LogP contribution is 2.57. The van der Waals surface area contributed by atoms with Crippen LogP contribution in [0.15, 0.2) is 54.6 Å². The second-order valence-electron chi connectivity index (χ2n) is 12.9. The average molecular weight is 583 g/mol. The Morgan fingerprint density at radius 2 is 1.47 bits per heavy atom. The molecule has 2 fully saturated rings. The van der Waals surface area contributed by atoms with Gasteiger partial charge in [-0.25, -0.2) is 9.59 Å². The van der Waals surface area contributed by atoms with Crippen LogP contribution < -0.4 is 14.5 Å². The lowest BCUT2D eigenvalue weighted by Gasteiger charge is -2.42. The Hall–Kier alpha value is -4.53. The second-order valence-corrected chi connectivity index (χ2v) is 12.9. The normalized spacial score (nSPS) is 20.7. The monoisotopic (exact) mass is 582 g/mol. The predicted octanol–water partition coefficient (Wildman–Crippen LogP) is 5.28. The van der Waals surface area contributed by atoms with E-state index in [1.807, 2.05) is 57.2 Å². The van der Waals surface area contributed by atoms with Crippen molar-refractivity contribution >= 4 is 29.3 Å². The summed E-state index contributed by atoms with van der Waals surface area (Å²) < 4.78 is 23.5. The van der Waals surface area contributed by atoms with Crippen LogP contribution in [0.1, 0.15) is 65.1 Å². The molecule has 3 aromatic carbocycles. The highest BCUT2D eigenvalue weighted by atomic mass is 16.6. The summed E-state index contributed by atoms with van der Waals surface area (Å²) in [7, 11) is 1.40. The topological polar surface area (TPSA) is 94.6 Å². The number of hydrogen-bond donors (Lipinski definition) is 0. The maximum atomic E-state index is 13.5. The highest BCUT2D eigenvalue weighted by Gasteiger charge is 2.54. The molecule has 0 amide bonds. The van der Waals surface area contributed by atoms with Gasteiger partial charge in [0, 0.05) is 66.4 Å². The van der Waals surface area contributed by atoms with Crippen molar-refractivity contribution in [2.45, 2.75) is 38.9 Å². The van der Waals surface area contributed by atoms with Gasteiger partial charge in [-0.2, -0.15) is 0 Å². The van der Waals surface area contributed by atoms with Crippen LogP contribution in [0.3, 0.4) is 0 Å². The smallest absolute Gasteiger partial charge is 0.340 e. The van der Waals surface area contributed by atoms with Gasteiger partial charge in [-0.05, 0) is 69.2 Å². The van der Waals surface area contributed by atoms with Gasteiger partial charge in [0.1, 0.15) is 17.1 Å². The number of carbonyl (C=O) groups excluding carboxylic acids is 3. The first-order valence-electron chi connectivity index (χ1n) is 14.6. The first-order chi connectivity index (χ1) is 20.5. The fourth-order valence-electron chi connectivity index (χ4n) is 6.47. The number of benzene rings is 3. The van der Waals surface area contributed by atoms with E-state index in [9.17, 15) is 14.4 Å². The van der Waals surface area contributed by atoms with Crippen molar-refractivity contribution in [2.24, 2.45) is 11.8 Å². The van der Waals surface area contributed by atoms with E-state index >= 15 is 0 Å². The van der Waals surface area contributed by atoms with E-state index in [4.69, 9.17) is 18.9 Å². The number of rotatable bonds is 4. The molecule has 4 aliphatic rings. The molecule has 0 aromatic heterocycles. The van der Waals surface area contributed by atoms with Crippen LogP contribution in [-0.4, -0.2) is 56.8 Å². The maximum Gasteiger partial charge on any atom is 0.340 e. The number of esters is 3. The summed E-state index contributed by atoms with van der Waals surface area (Å²) in [4.78, 5) is 42.9. The Morgan fingerprint density at radius 3 is 2.02 bits per heavy atom. The van der Waals surface area contributed by atoms with E-state index in [0.29, 0.717) is 58.3 Å². The summed E-state index contributed by atoms with van der Waals surface area (Å²) in [5, 5.41) is 0. The minimum atomic E-state index is -1.32. The van der Waals surface area contributed by atoms with Crippen molar-refractivity contribution in [3.63, 3.8) is 0 Å². The summed E-state index contributed by atoms with van der Waals surface area (Å²) in [5.74, 6) is 0.396. The Morgan fingerprint density at radius 1 is 0.860 bits per heavy atom. The molecular weight excluding hydrogens is 548 g/mol. The third-order valence-electron chi connectivity index (χ3n) is 8.62. The molecule has 222 valence electrons. The standard InChI is InChI=1S/C34H34N2O7/c1-19-15-35(16-19)22-7-10-25-28(13-22)41-29-14-23(36-17-21(18-36)30(37)40-5)8-11-26(29)34(25)27-12-20(31(38)42-33(2,3)4)6-9-24(27)32(39)43-34/h6-14,19,21H,15-18H2,1-5H3. The largest absolute Gasteiger partial charge is 0.469 e. The fourth-order valence-corrected chi connectivity index (χ4v) is 6.47. The average Bonchev–Trinajstić information content (AvgIpc) is 3.21. The summed E-state index contributed by atoms with van der Waals surface area (Å²) in [6, 6.07) is 16.7. The molecule has 4 heterocycles. The molecule has 0 saturated carbocycles. The van der Waals surface area contributed by atoms with Crippen molar-refractivity contribution in [3.05, 3.63) is 82.4 Å². The molecule has 3 aromatic rings. The molecule has 1 atom stereocenters. The van der Waals surface area contributed by atoms with Gasteiger partial charge in [-0.1, -0.05) is 6.92 Å². The van der Waals surface area contributed by atoms with E-state index < -0.39 is 23.1 Å². The Balaban J connectivity index is 1.35. The van der Waals surface area contributed by atoms with E-state index in [-0.39, 0.29) is 11.9 Å². The maximum absolute atomic E-state index is 13.5. The molecule has 0 aliphatic carbocycles. The summed E-state index contributed by atoms with van der Waals surface area (Å²) in [6.07, 6.45) is 0. The summed E-state index contributed by atoms with van der Waals surface area (Å²) in [6.45, 7) is 10.7. The van der Waals surface area contributed by atoms with Crippen molar-refractivity contribution in [1.82, 2.24) is 0 Å². The molecule has 7 rings (SSSR count). The van der Waals surface area contributed by atoms with Crippen LogP contribution in [0, 0.1) is 11.8 Å². The molecule has 43 heavy (non-hydrogen) atoms. The first kappa shape index (κ1) is 27.3. The lowest BCUT2D eigenvalue weighted by atomic mass is 9.77. The fraction of sp³-hybridized carbons (Fsp3) is 0.382. The number of hydrogen-bond acceptors (Lipinski definition) is 9. The summed E-state index contributed by atoms with van der Waals surface area (Å²) in [5.41, 5.74) is 2.55. The minimum absolute atomic E-state index is 0.176. The number of anilines is 2. The Labute approximate surface area is 250 Å². The molecule has 0 N–H and O–H groups in total. The Kier molecular flexibility index (Phi) is 6.03. The molecule has 2 saturated heterocycles. The van der Waals surface area contributed by atoms with Gasteiger partial charge in [0.2, 0.25) is 0 Å². The summed E-state index contributed by atoms with van der Waals surface area (Å²) >= 11 is 0. The highest BCUT2D eigenvalue weighted by molar-refractivity contribution is 5.99. The number of fused-ring (bicyclic) bond motifs is 6. The van der Waals surface area contributed by atoms with Gasteiger partial charge >= 0.3 is 17.9 Å². The zero-order valence-electron chi connectivity index (χ0n) is 24.9. The van der Waals surface area contributed by atoms with Gasteiger partial charge in [-0.3, -0.25) is 4.79 Å². The van der Waals surface area contributed by atoms with Crippen molar-refractivity contribution in [2.75, 3.05) is 43.1 Å². The molecular formula is C34H34N2O7. The quantitative estimate of drug-likeness (QED) is 0.301. The molecule has 0 bridgehead atoms. The van der Waals surface area contributed by atoms with E-state index in [1.54, 1.807) is 18.2 Å². The SMILES string of the molecule is COC(=O)C1CN(c2ccc3c(c2)Oc2cc(N4CC(C)C4)ccc2C32OC(=O)c3ccc(C(=O)OC(C)(C)C)cc32)C1. The molecule has 1 spiro atoms. The third-order valence-corrected chi connectivity index (χ3v) is 8.62. The second kappa shape index (κ2) is 9.49. The van der Waals surface area contributed by atoms with Gasteiger partial charge in [0.15, 0.2) is 5.60 Å². The number of methoxy groups -OCH3 is 1. The molecule has 1 unspecified atom stereocenters. The van der Waals surface area contributed by atoms with E-state index in [1.165, 1.54) is 7.11 Å².